The van der Waals surface area contributed by atoms with E-state index >= 15 is 0 Å². The molecule has 2 heterocycles. The highest BCUT2D eigenvalue weighted by atomic mass is 79.9. The Morgan fingerprint density at radius 1 is 1.00 bits per heavy atom. The summed E-state index contributed by atoms with van der Waals surface area (Å²) in [6, 6.07) is 5.87. The summed E-state index contributed by atoms with van der Waals surface area (Å²) in [5, 5.41) is 8.68. The highest BCUT2D eigenvalue weighted by Gasteiger charge is 2.11. The van der Waals surface area contributed by atoms with Crippen molar-refractivity contribution in [3.63, 3.8) is 0 Å². The second kappa shape index (κ2) is 4.60. The summed E-state index contributed by atoms with van der Waals surface area (Å²) in [4.78, 5) is 3.98. The summed E-state index contributed by atoms with van der Waals surface area (Å²) in [6.07, 6.45) is 3.18. The number of hydrogen-bond donors (Lipinski definition) is 0. The van der Waals surface area contributed by atoms with E-state index in [9.17, 15) is 0 Å². The van der Waals surface area contributed by atoms with Crippen molar-refractivity contribution in [2.75, 3.05) is 0 Å². The van der Waals surface area contributed by atoms with Gasteiger partial charge in [0, 0.05) is 14.5 Å². The Hall–Kier alpha value is -0.980. The molecule has 0 spiro atoms. The number of fused-ring (bicyclic) bond motifs is 1. The number of halogens is 3. The molecule has 0 bridgehead atoms. The van der Waals surface area contributed by atoms with E-state index in [1.807, 2.05) is 18.2 Å². The summed E-state index contributed by atoms with van der Waals surface area (Å²) in [6.45, 7) is 0. The SMILES string of the molecule is Clc1cncc2nnc(-c3cc(Br)cc(Br)c3)n12. The van der Waals surface area contributed by atoms with E-state index in [0.29, 0.717) is 16.6 Å². The van der Waals surface area contributed by atoms with Gasteiger partial charge in [0.1, 0.15) is 5.15 Å². The van der Waals surface area contributed by atoms with Crippen LogP contribution in [0.4, 0.5) is 0 Å². The smallest absolute Gasteiger partial charge is 0.180 e. The molecule has 3 aromatic rings. The molecule has 0 aliphatic heterocycles. The quantitative estimate of drug-likeness (QED) is 0.634. The molecular formula is C11H5Br2ClN4. The van der Waals surface area contributed by atoms with Crippen LogP contribution in [0.2, 0.25) is 5.15 Å². The average molecular weight is 388 g/mol. The minimum Gasteiger partial charge on any atom is -0.262 e. The maximum Gasteiger partial charge on any atom is 0.180 e. The first-order valence-corrected chi connectivity index (χ1v) is 6.92. The van der Waals surface area contributed by atoms with Gasteiger partial charge >= 0.3 is 0 Å². The predicted octanol–water partition coefficient (Wildman–Crippen LogP) is 3.97. The van der Waals surface area contributed by atoms with Crippen LogP contribution in [0, 0.1) is 0 Å². The molecule has 0 saturated heterocycles. The van der Waals surface area contributed by atoms with Crippen LogP contribution in [0.15, 0.2) is 39.5 Å². The van der Waals surface area contributed by atoms with E-state index in [0.717, 1.165) is 14.5 Å². The van der Waals surface area contributed by atoms with Gasteiger partial charge in [0.2, 0.25) is 0 Å². The predicted molar refractivity (Wildman–Crippen MR) is 76.6 cm³/mol. The van der Waals surface area contributed by atoms with E-state index in [4.69, 9.17) is 11.6 Å². The molecular weight excluding hydrogens is 383 g/mol. The fraction of sp³-hybridized carbons (Fsp3) is 0. The molecule has 0 saturated carbocycles. The van der Waals surface area contributed by atoms with Crippen molar-refractivity contribution in [1.29, 1.82) is 0 Å². The van der Waals surface area contributed by atoms with Crippen LogP contribution in [0.3, 0.4) is 0 Å². The number of nitrogens with zero attached hydrogens (tertiary/aromatic N) is 4. The molecule has 0 radical (unpaired) electrons. The lowest BCUT2D eigenvalue weighted by molar-refractivity contribution is 1.11. The summed E-state index contributed by atoms with van der Waals surface area (Å²) >= 11 is 13.0. The van der Waals surface area contributed by atoms with E-state index in [2.05, 4.69) is 47.0 Å². The maximum atomic E-state index is 6.13. The first-order valence-electron chi connectivity index (χ1n) is 4.96. The maximum absolute atomic E-state index is 6.13. The van der Waals surface area contributed by atoms with E-state index < -0.39 is 0 Å². The highest BCUT2D eigenvalue weighted by Crippen LogP contribution is 2.28. The van der Waals surface area contributed by atoms with Crippen molar-refractivity contribution in [2.45, 2.75) is 0 Å². The molecule has 0 N–H and O–H groups in total. The zero-order valence-electron chi connectivity index (χ0n) is 8.81. The first kappa shape index (κ1) is 12.1. The monoisotopic (exact) mass is 386 g/mol. The lowest BCUT2D eigenvalue weighted by Gasteiger charge is -2.03. The van der Waals surface area contributed by atoms with Gasteiger partial charge in [-0.05, 0) is 18.2 Å². The molecule has 90 valence electrons. The van der Waals surface area contributed by atoms with Crippen molar-refractivity contribution in [2.24, 2.45) is 0 Å². The van der Waals surface area contributed by atoms with Crippen LogP contribution < -0.4 is 0 Å². The standard InChI is InChI=1S/C11H5Br2ClN4/c12-7-1-6(2-8(13)3-7)11-17-16-10-5-15-4-9(14)18(10)11/h1-5H. The van der Waals surface area contributed by atoms with Crippen LogP contribution >= 0.6 is 43.5 Å². The molecule has 0 fully saturated rings. The van der Waals surface area contributed by atoms with Crippen molar-refractivity contribution in [3.05, 3.63) is 44.7 Å². The Bertz CT molecular complexity index is 721. The highest BCUT2D eigenvalue weighted by molar-refractivity contribution is 9.11. The van der Waals surface area contributed by atoms with Crippen LogP contribution in [0.5, 0.6) is 0 Å². The van der Waals surface area contributed by atoms with Crippen LogP contribution in [-0.2, 0) is 0 Å². The number of aromatic nitrogens is 4. The van der Waals surface area contributed by atoms with E-state index in [-0.39, 0.29) is 0 Å². The van der Waals surface area contributed by atoms with Crippen molar-refractivity contribution in [3.8, 4) is 11.4 Å². The Kier molecular flexibility index (Phi) is 3.09. The normalized spacial score (nSPS) is 11.1. The van der Waals surface area contributed by atoms with Crippen molar-refractivity contribution >= 4 is 49.1 Å². The van der Waals surface area contributed by atoms with Gasteiger partial charge < -0.3 is 0 Å². The second-order valence-electron chi connectivity index (χ2n) is 3.61. The summed E-state index contributed by atoms with van der Waals surface area (Å²) in [5.74, 6) is 0.680. The van der Waals surface area contributed by atoms with Gasteiger partial charge in [0.25, 0.3) is 0 Å². The third kappa shape index (κ3) is 2.04. The zero-order valence-corrected chi connectivity index (χ0v) is 12.7. The fourth-order valence-corrected chi connectivity index (χ4v) is 3.20. The minimum atomic E-state index is 0.476. The molecule has 7 heteroatoms. The molecule has 0 amide bonds. The van der Waals surface area contributed by atoms with Gasteiger partial charge in [0.15, 0.2) is 11.5 Å². The third-order valence-electron chi connectivity index (χ3n) is 2.39. The van der Waals surface area contributed by atoms with Crippen molar-refractivity contribution in [1.82, 2.24) is 19.6 Å². The lowest BCUT2D eigenvalue weighted by Crippen LogP contribution is -1.92. The van der Waals surface area contributed by atoms with Gasteiger partial charge in [-0.1, -0.05) is 43.5 Å². The Labute approximate surface area is 124 Å². The van der Waals surface area contributed by atoms with Gasteiger partial charge in [-0.25, -0.2) is 0 Å². The van der Waals surface area contributed by atoms with E-state index in [1.165, 1.54) is 0 Å². The topological polar surface area (TPSA) is 43.1 Å². The zero-order chi connectivity index (χ0) is 12.7. The molecule has 3 rings (SSSR count). The number of hydrogen-bond acceptors (Lipinski definition) is 3. The van der Waals surface area contributed by atoms with E-state index in [1.54, 1.807) is 16.8 Å². The van der Waals surface area contributed by atoms with Gasteiger partial charge in [0.05, 0.1) is 12.4 Å². The number of rotatable bonds is 1. The molecule has 0 aliphatic carbocycles. The molecule has 4 nitrogen and oxygen atoms in total. The van der Waals surface area contributed by atoms with Crippen LogP contribution in [0.1, 0.15) is 0 Å². The molecule has 18 heavy (non-hydrogen) atoms. The van der Waals surface area contributed by atoms with Crippen LogP contribution in [-0.4, -0.2) is 19.6 Å². The summed E-state index contributed by atoms with van der Waals surface area (Å²) in [7, 11) is 0. The van der Waals surface area contributed by atoms with Gasteiger partial charge in [-0.3, -0.25) is 9.38 Å². The van der Waals surface area contributed by atoms with Crippen molar-refractivity contribution < 1.29 is 0 Å². The third-order valence-corrected chi connectivity index (χ3v) is 3.58. The molecule has 1 aromatic carbocycles. The van der Waals surface area contributed by atoms with Crippen LogP contribution in [0.25, 0.3) is 17.0 Å². The largest absolute Gasteiger partial charge is 0.262 e. The molecule has 0 unspecified atom stereocenters. The Balaban J connectivity index is 2.31. The second-order valence-corrected chi connectivity index (χ2v) is 5.82. The molecule has 0 atom stereocenters. The van der Waals surface area contributed by atoms with Gasteiger partial charge in [-0.15, -0.1) is 10.2 Å². The first-order chi connectivity index (χ1) is 8.65. The summed E-state index contributed by atoms with van der Waals surface area (Å²) < 4.78 is 3.66. The fourth-order valence-electron chi connectivity index (χ4n) is 1.68. The minimum absolute atomic E-state index is 0.476. The number of benzene rings is 1. The molecule has 0 aliphatic rings. The lowest BCUT2D eigenvalue weighted by atomic mass is 10.2. The average Bonchev–Trinajstić information content (AvgIpc) is 2.73. The Morgan fingerprint density at radius 3 is 2.44 bits per heavy atom. The summed E-state index contributed by atoms with van der Waals surface area (Å²) in [5.41, 5.74) is 1.53. The molecule has 2 aromatic heterocycles. The Morgan fingerprint density at radius 2 is 1.72 bits per heavy atom. The van der Waals surface area contributed by atoms with Gasteiger partial charge in [-0.2, -0.15) is 0 Å².